The minimum atomic E-state index is -1.94. The maximum Gasteiger partial charge on any atom is 0.325 e. The summed E-state index contributed by atoms with van der Waals surface area (Å²) in [5, 5.41) is 92.3. The van der Waals surface area contributed by atoms with Gasteiger partial charge in [-0.1, -0.05) is 55.4 Å². The van der Waals surface area contributed by atoms with Gasteiger partial charge in [0, 0.05) is 19.9 Å². The number of rotatable bonds is 29. The van der Waals surface area contributed by atoms with E-state index in [0.717, 1.165) is 6.92 Å². The number of carboxylic acids is 1. The molecule has 0 unspecified atom stereocenters. The molecule has 0 aliphatic carbocycles. The highest BCUT2D eigenvalue weighted by Gasteiger charge is 2.53. The van der Waals surface area contributed by atoms with E-state index in [4.69, 9.17) is 29.4 Å². The summed E-state index contributed by atoms with van der Waals surface area (Å²) < 4.78 is 29.4. The summed E-state index contributed by atoms with van der Waals surface area (Å²) in [6, 6.07) is -13.3. The molecule has 0 bridgehead atoms. The Hall–Kier alpha value is -5.78. The van der Waals surface area contributed by atoms with E-state index in [2.05, 4.69) is 42.5 Å². The Morgan fingerprint density at radius 2 is 1.00 bits per heavy atom. The quantitative estimate of drug-likeness (QED) is 0.0332. The molecule has 0 aromatic rings. The number of nitrogens with one attached hydrogen (secondary N) is 8. The number of aliphatic hydroxyl groups excluding tert-OH is 6. The zero-order valence-electron chi connectivity index (χ0n) is 53.0. The Kier molecular flexibility index (Phi) is 29.0. The van der Waals surface area contributed by atoms with Crippen LogP contribution in [0.25, 0.3) is 0 Å². The van der Waals surface area contributed by atoms with Crippen LogP contribution in [-0.2, 0) is 71.6 Å². The molecule has 0 spiro atoms. The SMILES string of the molecule is CC(=O)N[C@H]1[C@@H](O[C@H](C)[C@H](N)C(=O)N[C@H](C(=O)N2C[C@H](OC(C)(C)C)C[C@H]2C(=O)N[C@@H](C)C(=O)N[C@@H](C)C(=O)N[C@H](C(=O)N[C@H](C(=O)N[C@H](C(=O)N[C@@H](C)C(=O)O)C(C)C)C(C)C)C(C)C)C(C)C)O[C@H](CO)[C@H](O)[C@@H]1O[C@@H]1O[C@H](CO)[C@H](O)[C@H](O)[C@H]1O. The first-order chi connectivity index (χ1) is 40.7. The van der Waals surface area contributed by atoms with Gasteiger partial charge in [0.1, 0.15) is 103 Å². The number of carboxylic acid groups (broad SMARTS) is 1. The monoisotopic (exact) mass is 1260 g/mol. The van der Waals surface area contributed by atoms with Crippen LogP contribution in [0.5, 0.6) is 0 Å². The fourth-order valence-corrected chi connectivity index (χ4v) is 9.91. The summed E-state index contributed by atoms with van der Waals surface area (Å²) in [6.07, 6.45) is -17.6. The smallest absolute Gasteiger partial charge is 0.325 e. The van der Waals surface area contributed by atoms with Crippen molar-refractivity contribution in [3.8, 4) is 0 Å². The topological polar surface area (TPSA) is 484 Å². The van der Waals surface area contributed by atoms with Gasteiger partial charge in [-0.2, -0.15) is 0 Å². The van der Waals surface area contributed by atoms with Crippen LogP contribution in [0.3, 0.4) is 0 Å². The van der Waals surface area contributed by atoms with Crippen molar-refractivity contribution in [1.29, 1.82) is 0 Å². The molecule has 32 heteroatoms. The van der Waals surface area contributed by atoms with Crippen LogP contribution in [0.4, 0.5) is 0 Å². The molecule has 0 aromatic carbocycles. The van der Waals surface area contributed by atoms with E-state index in [1.807, 2.05) is 0 Å². The molecular weight excluding hydrogens is 1160 g/mol. The van der Waals surface area contributed by atoms with Gasteiger partial charge in [-0.15, -0.1) is 0 Å². The summed E-state index contributed by atoms with van der Waals surface area (Å²) in [5.74, 6) is -10.6. The summed E-state index contributed by atoms with van der Waals surface area (Å²) in [4.78, 5) is 136. The highest BCUT2D eigenvalue weighted by molar-refractivity contribution is 5.98. The second kappa shape index (κ2) is 33.3. The number of hydrogen-bond donors (Lipinski definition) is 16. The standard InChI is InChI=1S/C56H98N10O22/c1-21(2)35(49(78)60-27(11)53(82)83)63-51(80)37(23(5)6)64-50(79)36(22(3)4)62-46(75)26(10)58-45(74)25(9)59-47(76)31-17-30(88-56(14,15)16)18-66(31)52(81)38(24(7)8)65-48(77)34(57)28(12)84-54-39(61-29(13)69)44(41(71)33(20-68)85-54)87-55-43(73)42(72)40(70)32(19-67)86-55/h21-28,30-44,54-55,67-68,70-73H,17-20,57H2,1-16H3,(H,58,74)(H,59,76)(H,60,78)(H,61,69)(H,62,75)(H,63,80)(H,64,79)(H,65,77)(H,82,83)/t25-,26-,27-,28+,30+,31-,32+,33+,34-,35-,36-,37-,38-,39+,40-,41-,42-,43+,44+,54-,55-/m0/s1. The third-order valence-electron chi connectivity index (χ3n) is 15.1. The van der Waals surface area contributed by atoms with Crippen LogP contribution in [0, 0.1) is 23.7 Å². The van der Waals surface area contributed by atoms with Gasteiger partial charge in [0.2, 0.25) is 53.2 Å². The molecule has 32 nitrogen and oxygen atoms in total. The molecule has 3 fully saturated rings. The molecule has 3 aliphatic heterocycles. The molecule has 0 radical (unpaired) electrons. The maximum absolute atomic E-state index is 14.7. The molecule has 3 aliphatic rings. The van der Waals surface area contributed by atoms with E-state index in [-0.39, 0.29) is 13.0 Å². The Labute approximate surface area is 512 Å². The average molecular weight is 1260 g/mol. The van der Waals surface area contributed by atoms with Crippen molar-refractivity contribution in [2.24, 2.45) is 29.4 Å². The largest absolute Gasteiger partial charge is 0.480 e. The average Bonchev–Trinajstić information content (AvgIpc) is 1.73. The zero-order valence-corrected chi connectivity index (χ0v) is 53.0. The lowest BCUT2D eigenvalue weighted by molar-refractivity contribution is -0.347. The first-order valence-corrected chi connectivity index (χ1v) is 29.6. The number of nitrogens with zero attached hydrogens (tertiary/aromatic N) is 1. The lowest BCUT2D eigenvalue weighted by Crippen LogP contribution is -2.68. The number of hydrogen-bond acceptors (Lipinski definition) is 22. The molecule has 0 aromatic heterocycles. The zero-order chi connectivity index (χ0) is 67.3. The van der Waals surface area contributed by atoms with Gasteiger partial charge in [-0.05, 0) is 72.1 Å². The summed E-state index contributed by atoms with van der Waals surface area (Å²) in [6.45, 7) is 22.9. The van der Waals surface area contributed by atoms with Crippen LogP contribution in [0.15, 0.2) is 0 Å². The summed E-state index contributed by atoms with van der Waals surface area (Å²) in [5.41, 5.74) is 5.70. The van der Waals surface area contributed by atoms with E-state index in [1.54, 1.807) is 76.2 Å². The van der Waals surface area contributed by atoms with E-state index in [1.165, 1.54) is 32.6 Å². The fraction of sp³-hybridized carbons (Fsp3) is 0.821. The van der Waals surface area contributed by atoms with Crippen molar-refractivity contribution >= 4 is 59.1 Å². The third kappa shape index (κ3) is 20.9. The molecule has 88 heavy (non-hydrogen) atoms. The maximum atomic E-state index is 14.7. The van der Waals surface area contributed by atoms with Gasteiger partial charge in [0.15, 0.2) is 12.6 Å². The number of carbonyl (C=O) groups is 10. The van der Waals surface area contributed by atoms with E-state index < -0.39 is 230 Å². The predicted molar refractivity (Wildman–Crippen MR) is 309 cm³/mol. The molecule has 21 atom stereocenters. The normalized spacial score (nSPS) is 28.0. The number of likely N-dealkylation sites (tertiary alicyclic amines) is 1. The van der Waals surface area contributed by atoms with Crippen LogP contribution in [0.1, 0.15) is 117 Å². The molecule has 3 heterocycles. The minimum absolute atomic E-state index is 0.0513. The second-order valence-electron chi connectivity index (χ2n) is 25.2. The number of aliphatic carboxylic acids is 1. The van der Waals surface area contributed by atoms with Crippen LogP contribution < -0.4 is 48.3 Å². The highest BCUT2D eigenvalue weighted by Crippen LogP contribution is 2.31. The van der Waals surface area contributed by atoms with Gasteiger partial charge < -0.3 is 113 Å². The fourth-order valence-electron chi connectivity index (χ4n) is 9.91. The molecule has 17 N–H and O–H groups in total. The van der Waals surface area contributed by atoms with Gasteiger partial charge in [0.05, 0.1) is 31.0 Å². The molecule has 3 rings (SSSR count). The first kappa shape index (κ1) is 76.5. The van der Waals surface area contributed by atoms with Crippen molar-refractivity contribution in [3.63, 3.8) is 0 Å². The van der Waals surface area contributed by atoms with Crippen molar-refractivity contribution in [2.45, 2.75) is 251 Å². The van der Waals surface area contributed by atoms with E-state index >= 15 is 0 Å². The third-order valence-corrected chi connectivity index (χ3v) is 15.1. The number of amides is 9. The van der Waals surface area contributed by atoms with Crippen molar-refractivity contribution < 1.29 is 107 Å². The molecule has 9 amide bonds. The summed E-state index contributed by atoms with van der Waals surface area (Å²) in [7, 11) is 0. The van der Waals surface area contributed by atoms with Gasteiger partial charge >= 0.3 is 5.97 Å². The summed E-state index contributed by atoms with van der Waals surface area (Å²) >= 11 is 0. The molecule has 0 saturated carbocycles. The van der Waals surface area contributed by atoms with Crippen LogP contribution >= 0.6 is 0 Å². The van der Waals surface area contributed by atoms with Crippen molar-refractivity contribution in [3.05, 3.63) is 0 Å². The second-order valence-corrected chi connectivity index (χ2v) is 25.2. The van der Waals surface area contributed by atoms with Gasteiger partial charge in [-0.3, -0.25) is 47.9 Å². The first-order valence-electron chi connectivity index (χ1n) is 29.6. The van der Waals surface area contributed by atoms with Gasteiger partial charge in [-0.25, -0.2) is 0 Å². The molecule has 504 valence electrons. The number of nitrogens with two attached hydrogens (primary N) is 1. The van der Waals surface area contributed by atoms with E-state index in [0.29, 0.717) is 0 Å². The predicted octanol–water partition coefficient (Wildman–Crippen LogP) is -5.57. The number of aliphatic hydroxyl groups is 6. The van der Waals surface area contributed by atoms with E-state index in [9.17, 15) is 83.7 Å². The number of carbonyl (C=O) groups excluding carboxylic acids is 9. The Morgan fingerprint density at radius 1 is 0.568 bits per heavy atom. The van der Waals surface area contributed by atoms with Crippen molar-refractivity contribution in [2.75, 3.05) is 19.8 Å². The van der Waals surface area contributed by atoms with Crippen LogP contribution in [-0.4, -0.2) is 253 Å². The Balaban J connectivity index is 1.77. The number of ether oxygens (including phenoxy) is 5. The Morgan fingerprint density at radius 3 is 1.47 bits per heavy atom. The highest BCUT2D eigenvalue weighted by atomic mass is 16.7. The lowest BCUT2D eigenvalue weighted by atomic mass is 9.95. The molecule has 3 saturated heterocycles. The minimum Gasteiger partial charge on any atom is -0.480 e. The lowest BCUT2D eigenvalue weighted by Gasteiger charge is -2.48. The van der Waals surface area contributed by atoms with Crippen molar-refractivity contribution in [1.82, 2.24) is 47.4 Å². The van der Waals surface area contributed by atoms with Crippen LogP contribution in [0.2, 0.25) is 0 Å². The molecular formula is C56H98N10O22. The Bertz CT molecular complexity index is 2410. The van der Waals surface area contributed by atoms with Gasteiger partial charge in [0.25, 0.3) is 0 Å².